The Bertz CT molecular complexity index is 307. The van der Waals surface area contributed by atoms with Crippen LogP contribution in [-0.2, 0) is 4.79 Å². The van der Waals surface area contributed by atoms with E-state index in [0.717, 1.165) is 39.0 Å². The predicted molar refractivity (Wildman–Crippen MR) is 86.3 cm³/mol. The van der Waals surface area contributed by atoms with Crippen molar-refractivity contribution in [3.05, 3.63) is 0 Å². The number of piperidine rings is 2. The lowest BCUT2D eigenvalue weighted by atomic mass is 9.95. The van der Waals surface area contributed by atoms with Crippen molar-refractivity contribution in [1.29, 1.82) is 0 Å². The Kier molecular flexibility index (Phi) is 6.93. The fourth-order valence-corrected chi connectivity index (χ4v) is 3.22. The quantitative estimate of drug-likeness (QED) is 0.744. The molecule has 1 amide bonds. The summed E-state index contributed by atoms with van der Waals surface area (Å²) in [7, 11) is 4.25. The molecule has 0 aromatic rings. The minimum Gasteiger partial charge on any atom is -0.356 e. The van der Waals surface area contributed by atoms with Gasteiger partial charge in [-0.15, -0.1) is 0 Å². The van der Waals surface area contributed by atoms with Crippen LogP contribution in [0.5, 0.6) is 0 Å². The lowest BCUT2D eigenvalue weighted by Gasteiger charge is -2.33. The normalized spacial score (nSPS) is 25.2. The van der Waals surface area contributed by atoms with Gasteiger partial charge in [0.15, 0.2) is 0 Å². The Morgan fingerprint density at radius 3 is 2.67 bits per heavy atom. The number of carbonyl (C=O) groups is 1. The zero-order valence-corrected chi connectivity index (χ0v) is 13.7. The van der Waals surface area contributed by atoms with Crippen molar-refractivity contribution in [1.82, 2.24) is 20.4 Å². The molecule has 2 aliphatic heterocycles. The van der Waals surface area contributed by atoms with Crippen molar-refractivity contribution in [2.75, 3.05) is 59.9 Å². The Labute approximate surface area is 129 Å². The summed E-state index contributed by atoms with van der Waals surface area (Å²) < 4.78 is 0. The minimum absolute atomic E-state index is 0.193. The van der Waals surface area contributed by atoms with Crippen molar-refractivity contribution < 1.29 is 4.79 Å². The van der Waals surface area contributed by atoms with Gasteiger partial charge in [-0.05, 0) is 65.3 Å². The van der Waals surface area contributed by atoms with Crippen LogP contribution in [0.15, 0.2) is 0 Å². The first-order valence-electron chi connectivity index (χ1n) is 8.50. The Hall–Kier alpha value is -0.650. The van der Waals surface area contributed by atoms with Crippen LogP contribution >= 0.6 is 0 Å². The van der Waals surface area contributed by atoms with Gasteiger partial charge in [0.05, 0.1) is 5.92 Å². The standard InChI is InChI=1S/C16H32N4O/c1-19(2)10-11-20-8-5-14(6-9-20)12-18-16(21)15-4-3-7-17-13-15/h14-15,17H,3-13H2,1-2H3,(H,18,21). The molecule has 0 radical (unpaired) electrons. The van der Waals surface area contributed by atoms with Crippen LogP contribution in [0.2, 0.25) is 0 Å². The fraction of sp³-hybridized carbons (Fsp3) is 0.938. The van der Waals surface area contributed by atoms with Gasteiger partial charge in [-0.2, -0.15) is 0 Å². The van der Waals surface area contributed by atoms with Crippen LogP contribution in [-0.4, -0.2) is 75.6 Å². The first-order chi connectivity index (χ1) is 10.1. The molecule has 0 aromatic heterocycles. The summed E-state index contributed by atoms with van der Waals surface area (Å²) in [4.78, 5) is 16.9. The largest absolute Gasteiger partial charge is 0.356 e. The third kappa shape index (κ3) is 5.93. The molecule has 2 aliphatic rings. The molecule has 2 fully saturated rings. The Morgan fingerprint density at radius 2 is 2.05 bits per heavy atom. The molecule has 21 heavy (non-hydrogen) atoms. The molecule has 5 nitrogen and oxygen atoms in total. The molecule has 0 aromatic carbocycles. The van der Waals surface area contributed by atoms with Crippen LogP contribution in [0.3, 0.4) is 0 Å². The van der Waals surface area contributed by atoms with E-state index in [9.17, 15) is 4.79 Å². The third-order valence-electron chi connectivity index (χ3n) is 4.80. The van der Waals surface area contributed by atoms with E-state index in [2.05, 4.69) is 34.5 Å². The SMILES string of the molecule is CN(C)CCN1CCC(CNC(=O)C2CCCNC2)CC1. The summed E-state index contributed by atoms with van der Waals surface area (Å²) in [6, 6.07) is 0. The van der Waals surface area contributed by atoms with E-state index in [1.165, 1.54) is 32.5 Å². The van der Waals surface area contributed by atoms with Crippen molar-refractivity contribution in [2.45, 2.75) is 25.7 Å². The van der Waals surface area contributed by atoms with E-state index in [4.69, 9.17) is 0 Å². The molecule has 122 valence electrons. The first-order valence-corrected chi connectivity index (χ1v) is 8.50. The zero-order valence-electron chi connectivity index (χ0n) is 13.7. The molecule has 1 unspecified atom stereocenters. The van der Waals surface area contributed by atoms with Gasteiger partial charge < -0.3 is 20.4 Å². The van der Waals surface area contributed by atoms with E-state index in [-0.39, 0.29) is 11.8 Å². The Morgan fingerprint density at radius 1 is 1.29 bits per heavy atom. The molecule has 1 atom stereocenters. The molecule has 0 saturated carbocycles. The van der Waals surface area contributed by atoms with Crippen molar-refractivity contribution in [3.8, 4) is 0 Å². The van der Waals surface area contributed by atoms with Gasteiger partial charge in [-0.1, -0.05) is 0 Å². The summed E-state index contributed by atoms with van der Waals surface area (Å²) >= 11 is 0. The van der Waals surface area contributed by atoms with Crippen LogP contribution in [0.4, 0.5) is 0 Å². The fourth-order valence-electron chi connectivity index (χ4n) is 3.22. The average Bonchev–Trinajstić information content (AvgIpc) is 2.52. The highest BCUT2D eigenvalue weighted by Gasteiger charge is 2.23. The van der Waals surface area contributed by atoms with Gasteiger partial charge in [0.2, 0.25) is 5.91 Å². The van der Waals surface area contributed by atoms with E-state index in [1.807, 2.05) is 0 Å². The van der Waals surface area contributed by atoms with Crippen LogP contribution < -0.4 is 10.6 Å². The number of hydrogen-bond acceptors (Lipinski definition) is 4. The van der Waals surface area contributed by atoms with Gasteiger partial charge in [-0.25, -0.2) is 0 Å². The highest BCUT2D eigenvalue weighted by Crippen LogP contribution is 2.17. The molecule has 2 N–H and O–H groups in total. The lowest BCUT2D eigenvalue weighted by Crippen LogP contribution is -2.44. The molecule has 0 spiro atoms. The Balaban J connectivity index is 1.59. The topological polar surface area (TPSA) is 47.6 Å². The van der Waals surface area contributed by atoms with Crippen molar-refractivity contribution in [2.24, 2.45) is 11.8 Å². The summed E-state index contributed by atoms with van der Waals surface area (Å²) in [6.07, 6.45) is 4.61. The third-order valence-corrected chi connectivity index (χ3v) is 4.80. The second-order valence-corrected chi connectivity index (χ2v) is 6.88. The van der Waals surface area contributed by atoms with Crippen LogP contribution in [0, 0.1) is 11.8 Å². The monoisotopic (exact) mass is 296 g/mol. The molecule has 0 bridgehead atoms. The number of nitrogens with one attached hydrogen (secondary N) is 2. The molecule has 2 heterocycles. The smallest absolute Gasteiger partial charge is 0.224 e. The maximum absolute atomic E-state index is 12.1. The summed E-state index contributed by atoms with van der Waals surface area (Å²) in [5, 5.41) is 6.49. The summed E-state index contributed by atoms with van der Waals surface area (Å²) in [5.74, 6) is 1.12. The van der Waals surface area contributed by atoms with Crippen molar-refractivity contribution in [3.63, 3.8) is 0 Å². The predicted octanol–water partition coefficient (Wildman–Crippen LogP) is 0.376. The molecule has 2 rings (SSSR count). The average molecular weight is 296 g/mol. The van der Waals surface area contributed by atoms with E-state index < -0.39 is 0 Å². The molecule has 0 aliphatic carbocycles. The first kappa shape index (κ1) is 16.7. The van der Waals surface area contributed by atoms with Gasteiger partial charge in [0.1, 0.15) is 0 Å². The minimum atomic E-state index is 0.193. The van der Waals surface area contributed by atoms with E-state index in [1.54, 1.807) is 0 Å². The molecule has 2 saturated heterocycles. The van der Waals surface area contributed by atoms with Crippen molar-refractivity contribution >= 4 is 5.91 Å². The summed E-state index contributed by atoms with van der Waals surface area (Å²) in [6.45, 7) is 7.45. The lowest BCUT2D eigenvalue weighted by molar-refractivity contribution is -0.125. The van der Waals surface area contributed by atoms with Gasteiger partial charge in [0.25, 0.3) is 0 Å². The van der Waals surface area contributed by atoms with Crippen LogP contribution in [0.1, 0.15) is 25.7 Å². The maximum Gasteiger partial charge on any atom is 0.224 e. The maximum atomic E-state index is 12.1. The number of amides is 1. The van der Waals surface area contributed by atoms with Gasteiger partial charge in [0, 0.05) is 26.2 Å². The van der Waals surface area contributed by atoms with E-state index >= 15 is 0 Å². The van der Waals surface area contributed by atoms with Crippen LogP contribution in [0.25, 0.3) is 0 Å². The highest BCUT2D eigenvalue weighted by atomic mass is 16.1. The van der Waals surface area contributed by atoms with E-state index in [0.29, 0.717) is 5.92 Å². The number of likely N-dealkylation sites (N-methyl/N-ethyl adjacent to an activating group) is 1. The van der Waals surface area contributed by atoms with Gasteiger partial charge >= 0.3 is 0 Å². The van der Waals surface area contributed by atoms with Gasteiger partial charge in [-0.3, -0.25) is 4.79 Å². The molecule has 5 heteroatoms. The number of rotatable bonds is 6. The summed E-state index contributed by atoms with van der Waals surface area (Å²) in [5.41, 5.74) is 0. The number of hydrogen-bond donors (Lipinski definition) is 2. The second kappa shape index (κ2) is 8.71. The number of nitrogens with zero attached hydrogens (tertiary/aromatic N) is 2. The second-order valence-electron chi connectivity index (χ2n) is 6.88. The highest BCUT2D eigenvalue weighted by molar-refractivity contribution is 5.78. The number of likely N-dealkylation sites (tertiary alicyclic amines) is 1. The molecular weight excluding hydrogens is 264 g/mol. The molecular formula is C16H32N4O. The zero-order chi connectivity index (χ0) is 15.1. The number of carbonyl (C=O) groups excluding carboxylic acids is 1.